The number of halogens is 4. The number of H-pyrrole nitrogens is 1. The van der Waals surface area contributed by atoms with E-state index >= 15 is 0 Å². The lowest BCUT2D eigenvalue weighted by atomic mass is 10.2. The summed E-state index contributed by atoms with van der Waals surface area (Å²) in [5.74, 6) is -0.571. The number of aromatic amines is 1. The van der Waals surface area contributed by atoms with Crippen LogP contribution in [0.25, 0.3) is 11.0 Å². The molecule has 3 aromatic rings. The standard InChI is InChI=1S/C15H9ClF3N3O/c16-10-4-3-8(6-9(10)15(17,18)19)21-14(23)13-7-12-11(22-13)2-1-5-20-12/h1-7,22H,(H,21,23). The van der Waals surface area contributed by atoms with Gasteiger partial charge in [0.05, 0.1) is 21.6 Å². The van der Waals surface area contributed by atoms with Crippen LogP contribution in [-0.2, 0) is 6.18 Å². The topological polar surface area (TPSA) is 57.8 Å². The summed E-state index contributed by atoms with van der Waals surface area (Å²) in [5.41, 5.74) is 0.435. The number of carbonyl (C=O) groups excluding carboxylic acids is 1. The molecule has 1 amide bonds. The molecule has 2 heterocycles. The molecule has 0 aliphatic heterocycles. The van der Waals surface area contributed by atoms with Crippen LogP contribution >= 0.6 is 11.6 Å². The van der Waals surface area contributed by atoms with Crippen LogP contribution < -0.4 is 5.32 Å². The molecule has 0 saturated carbocycles. The van der Waals surface area contributed by atoms with Crippen LogP contribution in [0.15, 0.2) is 42.6 Å². The molecule has 0 unspecified atom stereocenters. The first-order valence-electron chi connectivity index (χ1n) is 6.46. The Bertz CT molecular complexity index is 856. The summed E-state index contributed by atoms with van der Waals surface area (Å²) < 4.78 is 38.5. The molecule has 0 bridgehead atoms. The number of fused-ring (bicyclic) bond motifs is 1. The first kappa shape index (κ1) is 15.4. The predicted molar refractivity (Wildman–Crippen MR) is 80.5 cm³/mol. The molecule has 8 heteroatoms. The molecule has 0 atom stereocenters. The third-order valence-electron chi connectivity index (χ3n) is 3.16. The van der Waals surface area contributed by atoms with Gasteiger partial charge in [-0.3, -0.25) is 9.78 Å². The van der Waals surface area contributed by atoms with Gasteiger partial charge in [-0.15, -0.1) is 0 Å². The summed E-state index contributed by atoms with van der Waals surface area (Å²) in [6.45, 7) is 0. The van der Waals surface area contributed by atoms with Gasteiger partial charge in [-0.1, -0.05) is 11.6 Å². The molecule has 0 aliphatic rings. The minimum atomic E-state index is -4.59. The fraction of sp³-hybridized carbons (Fsp3) is 0.0667. The van der Waals surface area contributed by atoms with Gasteiger partial charge in [0.15, 0.2) is 0 Å². The number of carbonyl (C=O) groups is 1. The number of pyridine rings is 1. The number of hydrogen-bond acceptors (Lipinski definition) is 2. The number of hydrogen-bond donors (Lipinski definition) is 2. The van der Waals surface area contributed by atoms with Crippen LogP contribution in [0.3, 0.4) is 0 Å². The van der Waals surface area contributed by atoms with Crippen molar-refractivity contribution >= 4 is 34.2 Å². The monoisotopic (exact) mass is 339 g/mol. The molecule has 0 fully saturated rings. The summed E-state index contributed by atoms with van der Waals surface area (Å²) in [7, 11) is 0. The fourth-order valence-corrected chi connectivity index (χ4v) is 2.32. The van der Waals surface area contributed by atoms with Crippen LogP contribution in [0.2, 0.25) is 5.02 Å². The van der Waals surface area contributed by atoms with E-state index < -0.39 is 22.7 Å². The van der Waals surface area contributed by atoms with E-state index in [0.29, 0.717) is 11.0 Å². The largest absolute Gasteiger partial charge is 0.417 e. The van der Waals surface area contributed by atoms with Crippen LogP contribution in [0.1, 0.15) is 16.1 Å². The Balaban J connectivity index is 1.88. The SMILES string of the molecule is O=C(Nc1ccc(Cl)c(C(F)(F)F)c1)c1cc2ncccc2[nH]1. The Morgan fingerprint density at radius 3 is 2.70 bits per heavy atom. The highest BCUT2D eigenvalue weighted by Crippen LogP contribution is 2.36. The van der Waals surface area contributed by atoms with Crippen molar-refractivity contribution in [3.05, 3.63) is 58.9 Å². The third-order valence-corrected chi connectivity index (χ3v) is 3.49. The molecule has 3 rings (SSSR count). The molecule has 2 aromatic heterocycles. The summed E-state index contributed by atoms with van der Waals surface area (Å²) in [4.78, 5) is 19.1. The van der Waals surface area contributed by atoms with E-state index in [1.807, 2.05) is 0 Å². The van der Waals surface area contributed by atoms with Crippen molar-refractivity contribution in [2.45, 2.75) is 6.18 Å². The molecule has 0 saturated heterocycles. The van der Waals surface area contributed by atoms with Gasteiger partial charge in [-0.25, -0.2) is 0 Å². The average molecular weight is 340 g/mol. The van der Waals surface area contributed by atoms with Gasteiger partial charge in [-0.05, 0) is 36.4 Å². The Morgan fingerprint density at radius 1 is 1.22 bits per heavy atom. The van der Waals surface area contributed by atoms with Crippen LogP contribution in [0.5, 0.6) is 0 Å². The fourth-order valence-electron chi connectivity index (χ4n) is 2.10. The van der Waals surface area contributed by atoms with E-state index in [9.17, 15) is 18.0 Å². The maximum atomic E-state index is 12.8. The Labute approximate surface area is 133 Å². The summed E-state index contributed by atoms with van der Waals surface area (Å²) in [6, 6.07) is 8.15. The molecule has 23 heavy (non-hydrogen) atoms. The Kier molecular flexibility index (Phi) is 3.73. The minimum Gasteiger partial charge on any atom is -0.349 e. The highest BCUT2D eigenvalue weighted by atomic mass is 35.5. The Morgan fingerprint density at radius 2 is 2.00 bits per heavy atom. The van der Waals surface area contributed by atoms with Gasteiger partial charge in [-0.2, -0.15) is 13.2 Å². The maximum Gasteiger partial charge on any atom is 0.417 e. The van der Waals surface area contributed by atoms with Gasteiger partial charge in [0, 0.05) is 11.9 Å². The van der Waals surface area contributed by atoms with Gasteiger partial charge in [0.1, 0.15) is 5.69 Å². The zero-order valence-electron chi connectivity index (χ0n) is 11.4. The highest BCUT2D eigenvalue weighted by molar-refractivity contribution is 6.31. The molecular weight excluding hydrogens is 331 g/mol. The van der Waals surface area contributed by atoms with Crippen LogP contribution in [-0.4, -0.2) is 15.9 Å². The summed E-state index contributed by atoms with van der Waals surface area (Å²) in [6.07, 6.45) is -3.02. The lowest BCUT2D eigenvalue weighted by molar-refractivity contribution is -0.137. The molecule has 118 valence electrons. The molecule has 0 spiro atoms. The zero-order valence-corrected chi connectivity index (χ0v) is 12.2. The zero-order chi connectivity index (χ0) is 16.6. The number of alkyl halides is 3. The Hall–Kier alpha value is -2.54. The van der Waals surface area contributed by atoms with E-state index in [0.717, 1.165) is 12.1 Å². The average Bonchev–Trinajstić information content (AvgIpc) is 2.92. The van der Waals surface area contributed by atoms with Gasteiger partial charge < -0.3 is 10.3 Å². The van der Waals surface area contributed by atoms with Gasteiger partial charge >= 0.3 is 6.18 Å². The van der Waals surface area contributed by atoms with Crippen molar-refractivity contribution in [2.24, 2.45) is 0 Å². The van der Waals surface area contributed by atoms with Gasteiger partial charge in [0.2, 0.25) is 0 Å². The van der Waals surface area contributed by atoms with Crippen molar-refractivity contribution in [3.63, 3.8) is 0 Å². The van der Waals surface area contributed by atoms with Crippen LogP contribution in [0.4, 0.5) is 18.9 Å². The number of anilines is 1. The molecule has 4 nitrogen and oxygen atoms in total. The van der Waals surface area contributed by atoms with Crippen molar-refractivity contribution in [2.75, 3.05) is 5.32 Å². The molecule has 0 radical (unpaired) electrons. The molecule has 0 aliphatic carbocycles. The smallest absolute Gasteiger partial charge is 0.349 e. The summed E-state index contributed by atoms with van der Waals surface area (Å²) in [5, 5.41) is 1.98. The van der Waals surface area contributed by atoms with E-state index in [2.05, 4.69) is 15.3 Å². The van der Waals surface area contributed by atoms with E-state index in [4.69, 9.17) is 11.6 Å². The van der Waals surface area contributed by atoms with Gasteiger partial charge in [0.25, 0.3) is 5.91 Å². The second kappa shape index (κ2) is 5.58. The number of nitrogens with zero attached hydrogens (tertiary/aromatic N) is 1. The van der Waals surface area contributed by atoms with Crippen molar-refractivity contribution in [3.8, 4) is 0 Å². The van der Waals surface area contributed by atoms with Crippen LogP contribution in [0, 0.1) is 0 Å². The highest BCUT2D eigenvalue weighted by Gasteiger charge is 2.33. The lowest BCUT2D eigenvalue weighted by Gasteiger charge is -2.11. The minimum absolute atomic E-state index is 0.00154. The van der Waals surface area contributed by atoms with Crippen molar-refractivity contribution < 1.29 is 18.0 Å². The number of amides is 1. The summed E-state index contributed by atoms with van der Waals surface area (Å²) >= 11 is 5.54. The number of nitrogens with one attached hydrogen (secondary N) is 2. The second-order valence-electron chi connectivity index (χ2n) is 4.77. The molecular formula is C15H9ClF3N3O. The second-order valence-corrected chi connectivity index (χ2v) is 5.17. The van der Waals surface area contributed by atoms with Crippen molar-refractivity contribution in [1.82, 2.24) is 9.97 Å². The molecule has 1 aromatic carbocycles. The number of aromatic nitrogens is 2. The lowest BCUT2D eigenvalue weighted by Crippen LogP contribution is -2.13. The quantitative estimate of drug-likeness (QED) is 0.723. The number of rotatable bonds is 2. The third kappa shape index (κ3) is 3.14. The van der Waals surface area contributed by atoms with E-state index in [-0.39, 0.29) is 11.4 Å². The number of benzene rings is 1. The molecule has 2 N–H and O–H groups in total. The van der Waals surface area contributed by atoms with E-state index in [1.54, 1.807) is 18.3 Å². The van der Waals surface area contributed by atoms with Crippen molar-refractivity contribution in [1.29, 1.82) is 0 Å². The first-order chi connectivity index (χ1) is 10.8. The first-order valence-corrected chi connectivity index (χ1v) is 6.84. The predicted octanol–water partition coefficient (Wildman–Crippen LogP) is 4.49. The van der Waals surface area contributed by atoms with E-state index in [1.165, 1.54) is 12.1 Å². The normalized spacial score (nSPS) is 11.7. The maximum absolute atomic E-state index is 12.8.